The number of hydrogen-bond acceptors (Lipinski definition) is 4. The Balaban J connectivity index is 2.68. The Morgan fingerprint density at radius 2 is 2.00 bits per heavy atom. The first-order valence-corrected chi connectivity index (χ1v) is 7.03. The van der Waals surface area contributed by atoms with Gasteiger partial charge in [0.1, 0.15) is 4.90 Å². The lowest BCUT2D eigenvalue weighted by molar-refractivity contribution is 0.578. The lowest BCUT2D eigenvalue weighted by Crippen LogP contribution is -2.15. The van der Waals surface area contributed by atoms with Crippen LogP contribution >= 0.6 is 15.9 Å². The van der Waals surface area contributed by atoms with Crippen LogP contribution in [0.15, 0.2) is 21.8 Å². The van der Waals surface area contributed by atoms with E-state index < -0.39 is 10.0 Å². The van der Waals surface area contributed by atoms with Gasteiger partial charge in [-0.2, -0.15) is 22.7 Å². The smallest absolute Gasteiger partial charge is 0.271 e. The molecule has 0 aliphatic carbocycles. The second-order valence-corrected chi connectivity index (χ2v) is 6.31. The SMILES string of the molecule is Cc1nn(C)c(C)c1S(=O)(=O)n1cc(Br)cn1. The minimum Gasteiger partial charge on any atom is -0.271 e. The number of nitrogens with zero attached hydrogens (tertiary/aromatic N) is 4. The van der Waals surface area contributed by atoms with Crippen LogP contribution in [0.5, 0.6) is 0 Å². The van der Waals surface area contributed by atoms with Crippen molar-refractivity contribution < 1.29 is 8.42 Å². The summed E-state index contributed by atoms with van der Waals surface area (Å²) in [6, 6.07) is 0. The first-order chi connectivity index (χ1) is 7.84. The zero-order valence-corrected chi connectivity index (χ0v) is 11.9. The third-order valence-electron chi connectivity index (χ3n) is 2.48. The fraction of sp³-hybridized carbons (Fsp3) is 0.333. The Kier molecular flexibility index (Phi) is 2.86. The van der Waals surface area contributed by atoms with Gasteiger partial charge in [-0.15, -0.1) is 0 Å². The van der Waals surface area contributed by atoms with Gasteiger partial charge in [0.2, 0.25) is 0 Å². The Bertz CT molecular complexity index is 671. The van der Waals surface area contributed by atoms with Crippen LogP contribution in [0.2, 0.25) is 0 Å². The van der Waals surface area contributed by atoms with Crippen molar-refractivity contribution in [1.29, 1.82) is 0 Å². The first kappa shape index (κ1) is 12.3. The monoisotopic (exact) mass is 318 g/mol. The van der Waals surface area contributed by atoms with Gasteiger partial charge in [-0.3, -0.25) is 4.68 Å². The summed E-state index contributed by atoms with van der Waals surface area (Å²) in [6.45, 7) is 3.38. The molecule has 0 saturated heterocycles. The van der Waals surface area contributed by atoms with Crippen LogP contribution in [-0.2, 0) is 17.1 Å². The zero-order chi connectivity index (χ0) is 12.8. The number of aryl methyl sites for hydroxylation is 2. The largest absolute Gasteiger partial charge is 0.286 e. The number of halogens is 1. The molecular formula is C9H11BrN4O2S. The van der Waals surface area contributed by atoms with Crippen molar-refractivity contribution in [1.82, 2.24) is 19.0 Å². The summed E-state index contributed by atoms with van der Waals surface area (Å²) in [5.74, 6) is 0. The van der Waals surface area contributed by atoms with E-state index in [9.17, 15) is 8.42 Å². The van der Waals surface area contributed by atoms with Gasteiger partial charge in [0.05, 0.1) is 28.3 Å². The Morgan fingerprint density at radius 1 is 1.35 bits per heavy atom. The lowest BCUT2D eigenvalue weighted by Gasteiger charge is -2.04. The number of hydrogen-bond donors (Lipinski definition) is 0. The van der Waals surface area contributed by atoms with Crippen LogP contribution in [0, 0.1) is 13.8 Å². The van der Waals surface area contributed by atoms with Gasteiger partial charge in [-0.1, -0.05) is 0 Å². The van der Waals surface area contributed by atoms with Crippen LogP contribution in [-0.4, -0.2) is 27.4 Å². The second-order valence-electron chi connectivity index (χ2n) is 3.66. The van der Waals surface area contributed by atoms with Gasteiger partial charge >= 0.3 is 0 Å². The summed E-state index contributed by atoms with van der Waals surface area (Å²) in [7, 11) is -1.96. The lowest BCUT2D eigenvalue weighted by atomic mass is 10.4. The first-order valence-electron chi connectivity index (χ1n) is 4.80. The van der Waals surface area contributed by atoms with Gasteiger partial charge in [0, 0.05) is 7.05 Å². The molecule has 2 aromatic rings. The molecule has 92 valence electrons. The van der Waals surface area contributed by atoms with Crippen molar-refractivity contribution in [2.24, 2.45) is 7.05 Å². The van der Waals surface area contributed by atoms with E-state index in [-0.39, 0.29) is 4.90 Å². The highest BCUT2D eigenvalue weighted by Crippen LogP contribution is 2.22. The molecule has 0 saturated carbocycles. The third kappa shape index (κ3) is 1.91. The van der Waals surface area contributed by atoms with E-state index in [2.05, 4.69) is 26.1 Å². The van der Waals surface area contributed by atoms with Gasteiger partial charge in [-0.25, -0.2) is 0 Å². The van der Waals surface area contributed by atoms with Gasteiger partial charge in [0.15, 0.2) is 0 Å². The maximum atomic E-state index is 12.3. The topological polar surface area (TPSA) is 69.8 Å². The molecule has 0 aliphatic heterocycles. The van der Waals surface area contributed by atoms with Crippen LogP contribution in [0.1, 0.15) is 11.4 Å². The Morgan fingerprint density at radius 3 is 2.41 bits per heavy atom. The highest BCUT2D eigenvalue weighted by atomic mass is 79.9. The molecule has 0 radical (unpaired) electrons. The average molecular weight is 319 g/mol. The molecule has 6 nitrogen and oxygen atoms in total. The molecule has 0 spiro atoms. The molecule has 0 amide bonds. The molecule has 2 aromatic heterocycles. The van der Waals surface area contributed by atoms with Crippen molar-refractivity contribution in [3.05, 3.63) is 28.3 Å². The predicted molar refractivity (Wildman–Crippen MR) is 65.2 cm³/mol. The van der Waals surface area contributed by atoms with E-state index in [0.29, 0.717) is 15.9 Å². The van der Waals surface area contributed by atoms with Gasteiger partial charge < -0.3 is 0 Å². The molecule has 17 heavy (non-hydrogen) atoms. The molecule has 0 aromatic carbocycles. The fourth-order valence-corrected chi connectivity index (χ4v) is 3.59. The van der Waals surface area contributed by atoms with Crippen LogP contribution in [0.3, 0.4) is 0 Å². The van der Waals surface area contributed by atoms with E-state index in [1.165, 1.54) is 12.4 Å². The number of rotatable bonds is 2. The molecule has 0 atom stereocenters. The molecule has 2 rings (SSSR count). The molecule has 0 unspecified atom stereocenters. The minimum absolute atomic E-state index is 0.204. The summed E-state index contributed by atoms with van der Waals surface area (Å²) >= 11 is 3.17. The van der Waals surface area contributed by atoms with Gasteiger partial charge in [0.25, 0.3) is 10.0 Å². The Hall–Kier alpha value is -1.15. The third-order valence-corrected chi connectivity index (χ3v) is 4.68. The van der Waals surface area contributed by atoms with Crippen molar-refractivity contribution in [2.75, 3.05) is 0 Å². The fourth-order valence-electron chi connectivity index (χ4n) is 1.64. The molecule has 0 bridgehead atoms. The highest BCUT2D eigenvalue weighted by Gasteiger charge is 2.26. The maximum absolute atomic E-state index is 12.3. The molecule has 0 aliphatic rings. The Labute approximate surface area is 107 Å². The van der Waals surface area contributed by atoms with Crippen molar-refractivity contribution in [3.63, 3.8) is 0 Å². The van der Waals surface area contributed by atoms with Crippen molar-refractivity contribution in [3.8, 4) is 0 Å². The van der Waals surface area contributed by atoms with E-state index in [1.54, 1.807) is 25.6 Å². The summed E-state index contributed by atoms with van der Waals surface area (Å²) in [6.07, 6.45) is 2.83. The predicted octanol–water partition coefficient (Wildman–Crippen LogP) is 1.23. The van der Waals surface area contributed by atoms with Crippen molar-refractivity contribution >= 4 is 26.0 Å². The van der Waals surface area contributed by atoms with E-state index in [0.717, 1.165) is 4.09 Å². The quantitative estimate of drug-likeness (QED) is 0.835. The minimum atomic E-state index is -3.67. The van der Waals surface area contributed by atoms with E-state index in [1.807, 2.05) is 0 Å². The van der Waals surface area contributed by atoms with Crippen LogP contribution in [0.4, 0.5) is 0 Å². The van der Waals surface area contributed by atoms with Crippen LogP contribution in [0.25, 0.3) is 0 Å². The van der Waals surface area contributed by atoms with Crippen LogP contribution < -0.4 is 0 Å². The molecule has 0 N–H and O–H groups in total. The van der Waals surface area contributed by atoms with E-state index in [4.69, 9.17) is 0 Å². The standard InChI is InChI=1S/C9H11BrN4O2S/c1-6-9(7(2)13(3)12-6)17(15,16)14-5-8(10)4-11-14/h4-5H,1-3H3. The van der Waals surface area contributed by atoms with Gasteiger partial charge in [-0.05, 0) is 29.8 Å². The number of aromatic nitrogens is 4. The summed E-state index contributed by atoms with van der Waals surface area (Å²) in [5, 5.41) is 7.89. The maximum Gasteiger partial charge on any atom is 0.286 e. The molecule has 0 fully saturated rings. The summed E-state index contributed by atoms with van der Waals surface area (Å²) < 4.78 is 27.7. The highest BCUT2D eigenvalue weighted by molar-refractivity contribution is 9.10. The second kappa shape index (κ2) is 3.95. The average Bonchev–Trinajstić information content (AvgIpc) is 2.73. The molecule has 8 heteroatoms. The van der Waals surface area contributed by atoms with E-state index >= 15 is 0 Å². The summed E-state index contributed by atoms with van der Waals surface area (Å²) in [5.41, 5.74) is 1.06. The van der Waals surface area contributed by atoms with Crippen molar-refractivity contribution in [2.45, 2.75) is 18.7 Å². The molecular weight excluding hydrogens is 308 g/mol. The zero-order valence-electron chi connectivity index (χ0n) is 9.55. The summed E-state index contributed by atoms with van der Waals surface area (Å²) in [4.78, 5) is 0.204. The normalized spacial score (nSPS) is 12.0. The molecule has 2 heterocycles.